The molecule has 0 radical (unpaired) electrons. The van der Waals surface area contributed by atoms with Crippen molar-refractivity contribution in [1.29, 1.82) is 0 Å². The lowest BCUT2D eigenvalue weighted by molar-refractivity contribution is 0.102. The fourth-order valence-electron chi connectivity index (χ4n) is 3.73. The van der Waals surface area contributed by atoms with Gasteiger partial charge in [0, 0.05) is 31.2 Å². The number of aromatic nitrogens is 3. The average Bonchev–Trinajstić information content (AvgIpc) is 3.34. The molecule has 2 heterocycles. The Morgan fingerprint density at radius 1 is 0.970 bits per heavy atom. The molecule has 0 aliphatic rings. The quantitative estimate of drug-likeness (QED) is 0.470. The molecule has 1 amide bonds. The van der Waals surface area contributed by atoms with Crippen LogP contribution in [0.1, 0.15) is 21.7 Å². The van der Waals surface area contributed by atoms with E-state index in [2.05, 4.69) is 10.4 Å². The van der Waals surface area contributed by atoms with Crippen LogP contribution < -0.4 is 9.62 Å². The number of rotatable bonds is 6. The van der Waals surface area contributed by atoms with Gasteiger partial charge in [-0.25, -0.2) is 8.42 Å². The van der Waals surface area contributed by atoms with Gasteiger partial charge in [-0.3, -0.25) is 13.8 Å². The van der Waals surface area contributed by atoms with Crippen LogP contribution in [0.25, 0.3) is 5.82 Å². The first-order chi connectivity index (χ1) is 15.7. The van der Waals surface area contributed by atoms with E-state index in [4.69, 9.17) is 0 Å². The Hall–Kier alpha value is -3.85. The van der Waals surface area contributed by atoms with Gasteiger partial charge in [0.05, 0.1) is 16.8 Å². The predicted molar refractivity (Wildman–Crippen MR) is 128 cm³/mol. The molecule has 0 fully saturated rings. The van der Waals surface area contributed by atoms with Crippen LogP contribution >= 0.6 is 0 Å². The summed E-state index contributed by atoms with van der Waals surface area (Å²) in [5.41, 5.74) is 3.25. The van der Waals surface area contributed by atoms with Gasteiger partial charge in [0.25, 0.3) is 15.9 Å². The number of hydrogen-bond donors (Lipinski definition) is 1. The van der Waals surface area contributed by atoms with Crippen molar-refractivity contribution in [3.05, 3.63) is 89.9 Å². The number of amides is 1. The summed E-state index contributed by atoms with van der Waals surface area (Å²) in [5, 5.41) is 7.08. The minimum absolute atomic E-state index is 0.0789. The Morgan fingerprint density at radius 3 is 2.30 bits per heavy atom. The summed E-state index contributed by atoms with van der Waals surface area (Å²) in [5.74, 6) is 0.261. The Bertz CT molecular complexity index is 1400. The maximum Gasteiger partial charge on any atom is 0.264 e. The van der Waals surface area contributed by atoms with E-state index in [9.17, 15) is 13.2 Å². The van der Waals surface area contributed by atoms with Crippen LogP contribution in [0.4, 0.5) is 11.4 Å². The lowest BCUT2D eigenvalue weighted by Crippen LogP contribution is -2.26. The third-order valence-corrected chi connectivity index (χ3v) is 7.29. The predicted octanol–water partition coefficient (Wildman–Crippen LogP) is 3.91. The van der Waals surface area contributed by atoms with Crippen LogP contribution in [0.15, 0.2) is 77.8 Å². The molecule has 0 unspecified atom stereocenters. The standard InChI is InChI=1S/C24H25N5O3S/c1-17-13-14-18(2)29(17)24-22(16-25-27(24)3)23(30)26-19-9-8-12-21(15-19)33(31,32)28(4)20-10-6-5-7-11-20/h5-16H,1-4H3,(H,26,30). The molecule has 1 N–H and O–H groups in total. The molecule has 170 valence electrons. The van der Waals surface area contributed by atoms with Crippen molar-refractivity contribution in [2.75, 3.05) is 16.7 Å². The van der Waals surface area contributed by atoms with Crippen molar-refractivity contribution in [3.63, 3.8) is 0 Å². The molecule has 0 spiro atoms. The molecule has 2 aromatic carbocycles. The molecular weight excluding hydrogens is 438 g/mol. The zero-order valence-electron chi connectivity index (χ0n) is 18.9. The summed E-state index contributed by atoms with van der Waals surface area (Å²) in [6.45, 7) is 3.92. The van der Waals surface area contributed by atoms with Gasteiger partial charge in [-0.15, -0.1) is 0 Å². The Morgan fingerprint density at radius 2 is 1.64 bits per heavy atom. The summed E-state index contributed by atoms with van der Waals surface area (Å²) < 4.78 is 31.1. The molecule has 2 aromatic heterocycles. The lowest BCUT2D eigenvalue weighted by atomic mass is 10.2. The minimum atomic E-state index is -3.80. The van der Waals surface area contributed by atoms with Crippen molar-refractivity contribution < 1.29 is 13.2 Å². The van der Waals surface area contributed by atoms with E-state index in [0.717, 1.165) is 11.4 Å². The monoisotopic (exact) mass is 463 g/mol. The van der Waals surface area contributed by atoms with Crippen molar-refractivity contribution in [3.8, 4) is 5.82 Å². The van der Waals surface area contributed by atoms with E-state index in [-0.39, 0.29) is 10.8 Å². The number of anilines is 2. The van der Waals surface area contributed by atoms with Gasteiger partial charge in [-0.2, -0.15) is 5.10 Å². The van der Waals surface area contributed by atoms with Crippen molar-refractivity contribution in [1.82, 2.24) is 14.3 Å². The van der Waals surface area contributed by atoms with E-state index in [1.165, 1.54) is 29.7 Å². The maximum atomic E-state index is 13.1. The van der Waals surface area contributed by atoms with Crippen LogP contribution in [0, 0.1) is 13.8 Å². The molecule has 8 nitrogen and oxygen atoms in total. The number of aryl methyl sites for hydroxylation is 3. The highest BCUT2D eigenvalue weighted by atomic mass is 32.2. The maximum absolute atomic E-state index is 13.1. The highest BCUT2D eigenvalue weighted by Crippen LogP contribution is 2.25. The Balaban J connectivity index is 1.64. The van der Waals surface area contributed by atoms with Crippen LogP contribution in [0.5, 0.6) is 0 Å². The van der Waals surface area contributed by atoms with Crippen molar-refractivity contribution in [2.45, 2.75) is 18.7 Å². The first-order valence-corrected chi connectivity index (χ1v) is 11.8. The molecule has 4 aromatic rings. The van der Waals surface area contributed by atoms with E-state index in [0.29, 0.717) is 22.8 Å². The lowest BCUT2D eigenvalue weighted by Gasteiger charge is -2.20. The van der Waals surface area contributed by atoms with Crippen molar-refractivity contribution >= 4 is 27.3 Å². The third-order valence-electron chi connectivity index (χ3n) is 5.51. The molecule has 0 saturated heterocycles. The zero-order valence-corrected chi connectivity index (χ0v) is 19.7. The summed E-state index contributed by atoms with van der Waals surface area (Å²) >= 11 is 0. The van der Waals surface area contributed by atoms with E-state index in [1.807, 2.05) is 36.6 Å². The molecule has 0 aliphatic carbocycles. The fraction of sp³-hybridized carbons (Fsp3) is 0.167. The number of nitrogens with zero attached hydrogens (tertiary/aromatic N) is 4. The summed E-state index contributed by atoms with van der Waals surface area (Å²) in [6, 6.07) is 19.0. The first-order valence-electron chi connectivity index (χ1n) is 10.3. The van der Waals surface area contributed by atoms with Crippen LogP contribution in [0.2, 0.25) is 0 Å². The molecule has 0 bridgehead atoms. The topological polar surface area (TPSA) is 89.2 Å². The second kappa shape index (κ2) is 8.59. The average molecular weight is 464 g/mol. The number of benzene rings is 2. The summed E-state index contributed by atoms with van der Waals surface area (Å²) in [4.78, 5) is 13.2. The van der Waals surface area contributed by atoms with Gasteiger partial charge in [0.15, 0.2) is 0 Å². The van der Waals surface area contributed by atoms with Gasteiger partial charge in [0.1, 0.15) is 11.4 Å². The Kier molecular flexibility index (Phi) is 5.82. The first kappa shape index (κ1) is 22.3. The number of carbonyl (C=O) groups is 1. The molecule has 0 saturated carbocycles. The largest absolute Gasteiger partial charge is 0.322 e. The van der Waals surface area contributed by atoms with Crippen LogP contribution in [0.3, 0.4) is 0 Å². The van der Waals surface area contributed by atoms with E-state index < -0.39 is 10.0 Å². The second-order valence-electron chi connectivity index (χ2n) is 7.75. The second-order valence-corrected chi connectivity index (χ2v) is 9.72. The number of hydrogen-bond acceptors (Lipinski definition) is 4. The summed E-state index contributed by atoms with van der Waals surface area (Å²) in [6.07, 6.45) is 1.51. The van der Waals surface area contributed by atoms with Gasteiger partial charge < -0.3 is 9.88 Å². The molecular formula is C24H25N5O3S. The third kappa shape index (κ3) is 4.14. The number of sulfonamides is 1. The smallest absolute Gasteiger partial charge is 0.264 e. The summed E-state index contributed by atoms with van der Waals surface area (Å²) in [7, 11) is -0.529. The highest BCUT2D eigenvalue weighted by molar-refractivity contribution is 7.92. The highest BCUT2D eigenvalue weighted by Gasteiger charge is 2.23. The fourth-order valence-corrected chi connectivity index (χ4v) is 4.97. The number of nitrogens with one attached hydrogen (secondary N) is 1. The van der Waals surface area contributed by atoms with Crippen LogP contribution in [-0.4, -0.2) is 35.7 Å². The van der Waals surface area contributed by atoms with Crippen LogP contribution in [-0.2, 0) is 17.1 Å². The molecule has 0 aliphatic heterocycles. The van der Waals surface area contributed by atoms with Gasteiger partial charge >= 0.3 is 0 Å². The normalized spacial score (nSPS) is 11.4. The van der Waals surface area contributed by atoms with Gasteiger partial charge in [-0.1, -0.05) is 24.3 Å². The molecule has 4 rings (SSSR count). The van der Waals surface area contributed by atoms with Gasteiger partial charge in [-0.05, 0) is 56.3 Å². The zero-order chi connectivity index (χ0) is 23.8. The molecule has 0 atom stereocenters. The minimum Gasteiger partial charge on any atom is -0.322 e. The van der Waals surface area contributed by atoms with E-state index in [1.54, 1.807) is 48.1 Å². The molecule has 33 heavy (non-hydrogen) atoms. The van der Waals surface area contributed by atoms with E-state index >= 15 is 0 Å². The Labute approximate surface area is 193 Å². The SMILES string of the molecule is Cc1ccc(C)n1-c1c(C(=O)Nc2cccc(S(=O)(=O)N(C)c3ccccc3)c2)cnn1C. The van der Waals surface area contributed by atoms with Gasteiger partial charge in [0.2, 0.25) is 0 Å². The molecule has 9 heteroatoms. The van der Waals surface area contributed by atoms with Crippen molar-refractivity contribution in [2.24, 2.45) is 7.05 Å². The number of para-hydroxylation sites is 1. The number of carbonyl (C=O) groups excluding carboxylic acids is 1.